The first-order chi connectivity index (χ1) is 15.7. The number of ether oxygens (including phenoxy) is 1. The minimum absolute atomic E-state index is 0.00864. The molecule has 1 N–H and O–H groups in total. The van der Waals surface area contributed by atoms with Crippen LogP contribution in [0.3, 0.4) is 0 Å². The van der Waals surface area contributed by atoms with E-state index in [2.05, 4.69) is 5.32 Å². The smallest absolute Gasteiger partial charge is 0.264 e. The van der Waals surface area contributed by atoms with Crippen LogP contribution in [0.4, 0.5) is 5.69 Å². The van der Waals surface area contributed by atoms with Crippen molar-refractivity contribution in [2.24, 2.45) is 0 Å². The quantitative estimate of drug-likeness (QED) is 0.395. The van der Waals surface area contributed by atoms with E-state index < -0.39 is 22.5 Å². The minimum atomic E-state index is -4.06. The second-order valence-electron chi connectivity index (χ2n) is 6.90. The second-order valence-corrected chi connectivity index (χ2v) is 10.0. The highest BCUT2D eigenvalue weighted by atomic mass is 35.5. The van der Waals surface area contributed by atoms with Crippen LogP contribution in [-0.4, -0.2) is 27.5 Å². The van der Waals surface area contributed by atoms with Gasteiger partial charge in [-0.3, -0.25) is 9.10 Å². The molecule has 0 aliphatic heterocycles. The van der Waals surface area contributed by atoms with Gasteiger partial charge in [0.1, 0.15) is 12.3 Å². The fraction of sp³-hybridized carbons (Fsp3) is 0.174. The standard InChI is InChI=1S/C23H21Cl3N2O4S/c1-2-32-20-9-7-19(8-10-20)28(33(30,31)21-11-5-17(24)6-12-21)15-23(29)27-14-16-3-4-18(25)13-22(16)26/h3-13H,2,14-15H2,1H3,(H,27,29). The summed E-state index contributed by atoms with van der Waals surface area (Å²) in [6.07, 6.45) is 0. The zero-order valence-corrected chi connectivity index (χ0v) is 20.7. The first-order valence-electron chi connectivity index (χ1n) is 9.92. The van der Waals surface area contributed by atoms with Crippen LogP contribution in [0.2, 0.25) is 15.1 Å². The van der Waals surface area contributed by atoms with E-state index in [-0.39, 0.29) is 11.4 Å². The van der Waals surface area contributed by atoms with E-state index in [0.717, 1.165) is 4.31 Å². The maximum absolute atomic E-state index is 13.4. The summed E-state index contributed by atoms with van der Waals surface area (Å²) in [5, 5.41) is 3.99. The Morgan fingerprint density at radius 1 is 0.939 bits per heavy atom. The highest BCUT2D eigenvalue weighted by molar-refractivity contribution is 7.92. The molecule has 3 aromatic rings. The summed E-state index contributed by atoms with van der Waals surface area (Å²) in [7, 11) is -4.06. The number of nitrogens with one attached hydrogen (secondary N) is 1. The number of amides is 1. The molecular weight excluding hydrogens is 507 g/mol. The van der Waals surface area contributed by atoms with Crippen LogP contribution >= 0.6 is 34.8 Å². The summed E-state index contributed by atoms with van der Waals surface area (Å²) >= 11 is 18.0. The lowest BCUT2D eigenvalue weighted by atomic mass is 10.2. The van der Waals surface area contributed by atoms with Crippen LogP contribution in [0.15, 0.2) is 71.6 Å². The Morgan fingerprint density at radius 3 is 2.18 bits per heavy atom. The second kappa shape index (κ2) is 11.1. The Bertz CT molecular complexity index is 1220. The number of hydrogen-bond acceptors (Lipinski definition) is 4. The molecule has 10 heteroatoms. The van der Waals surface area contributed by atoms with Crippen molar-refractivity contribution in [1.82, 2.24) is 5.32 Å². The van der Waals surface area contributed by atoms with Crippen LogP contribution in [0.1, 0.15) is 12.5 Å². The topological polar surface area (TPSA) is 75.7 Å². The van der Waals surface area contributed by atoms with Gasteiger partial charge >= 0.3 is 0 Å². The average Bonchev–Trinajstić information content (AvgIpc) is 2.78. The van der Waals surface area contributed by atoms with Crippen LogP contribution < -0.4 is 14.4 Å². The molecule has 0 saturated heterocycles. The highest BCUT2D eigenvalue weighted by Gasteiger charge is 2.27. The van der Waals surface area contributed by atoms with Gasteiger partial charge in [-0.25, -0.2) is 8.42 Å². The molecule has 0 aliphatic carbocycles. The largest absolute Gasteiger partial charge is 0.494 e. The fourth-order valence-electron chi connectivity index (χ4n) is 2.97. The van der Waals surface area contributed by atoms with E-state index in [1.54, 1.807) is 42.5 Å². The summed E-state index contributed by atoms with van der Waals surface area (Å²) in [4.78, 5) is 12.8. The van der Waals surface area contributed by atoms with Crippen LogP contribution in [0, 0.1) is 0 Å². The third kappa shape index (κ3) is 6.54. The van der Waals surface area contributed by atoms with E-state index in [1.165, 1.54) is 24.3 Å². The maximum atomic E-state index is 13.4. The monoisotopic (exact) mass is 526 g/mol. The van der Waals surface area contributed by atoms with Gasteiger partial charge in [0.25, 0.3) is 10.0 Å². The zero-order chi connectivity index (χ0) is 24.0. The van der Waals surface area contributed by atoms with Gasteiger partial charge < -0.3 is 10.1 Å². The molecule has 0 bridgehead atoms. The summed E-state index contributed by atoms with van der Waals surface area (Å²) < 4.78 is 33.2. The molecule has 3 rings (SSSR count). The summed E-state index contributed by atoms with van der Waals surface area (Å²) in [5.41, 5.74) is 0.968. The molecule has 0 aromatic heterocycles. The van der Waals surface area contributed by atoms with E-state index in [9.17, 15) is 13.2 Å². The first kappa shape index (κ1) is 25.2. The Labute approximate surface area is 208 Å². The van der Waals surface area contributed by atoms with Crippen LogP contribution in [0.5, 0.6) is 5.75 Å². The molecule has 0 heterocycles. The van der Waals surface area contributed by atoms with Gasteiger partial charge in [0.05, 0.1) is 17.2 Å². The first-order valence-corrected chi connectivity index (χ1v) is 12.5. The van der Waals surface area contributed by atoms with Crippen molar-refractivity contribution < 1.29 is 17.9 Å². The van der Waals surface area contributed by atoms with Crippen molar-refractivity contribution in [2.75, 3.05) is 17.5 Å². The Kier molecular flexibility index (Phi) is 8.48. The summed E-state index contributed by atoms with van der Waals surface area (Å²) in [6.45, 7) is 2.00. The number of benzene rings is 3. The Balaban J connectivity index is 1.86. The third-order valence-electron chi connectivity index (χ3n) is 4.62. The molecule has 0 spiro atoms. The number of carbonyl (C=O) groups excluding carboxylic acids is 1. The normalized spacial score (nSPS) is 11.2. The number of nitrogens with zero attached hydrogens (tertiary/aromatic N) is 1. The number of anilines is 1. The number of halogens is 3. The Hall–Kier alpha value is -2.45. The molecule has 3 aromatic carbocycles. The van der Waals surface area contributed by atoms with Gasteiger partial charge in [0, 0.05) is 21.6 Å². The van der Waals surface area contributed by atoms with Crippen molar-refractivity contribution >= 4 is 56.4 Å². The predicted molar refractivity (Wildman–Crippen MR) is 132 cm³/mol. The van der Waals surface area contributed by atoms with E-state index in [0.29, 0.717) is 38.7 Å². The molecule has 0 fully saturated rings. The molecule has 0 unspecified atom stereocenters. The van der Waals surface area contributed by atoms with Crippen LogP contribution in [-0.2, 0) is 21.4 Å². The number of rotatable bonds is 9. The predicted octanol–water partition coefficient (Wildman–Crippen LogP) is 5.56. The SMILES string of the molecule is CCOc1ccc(N(CC(=O)NCc2ccc(Cl)cc2Cl)S(=O)(=O)c2ccc(Cl)cc2)cc1. The van der Waals surface area contributed by atoms with Crippen molar-refractivity contribution in [3.8, 4) is 5.75 Å². The summed E-state index contributed by atoms with van der Waals surface area (Å²) in [6, 6.07) is 17.1. The lowest BCUT2D eigenvalue weighted by molar-refractivity contribution is -0.119. The average molecular weight is 528 g/mol. The minimum Gasteiger partial charge on any atom is -0.494 e. The van der Waals surface area contributed by atoms with Crippen LogP contribution in [0.25, 0.3) is 0 Å². The molecule has 0 atom stereocenters. The van der Waals surface area contributed by atoms with E-state index >= 15 is 0 Å². The van der Waals surface area contributed by atoms with Gasteiger partial charge in [-0.1, -0.05) is 40.9 Å². The molecule has 6 nitrogen and oxygen atoms in total. The van der Waals surface area contributed by atoms with Crippen molar-refractivity contribution in [3.63, 3.8) is 0 Å². The molecular formula is C23H21Cl3N2O4S. The fourth-order valence-corrected chi connectivity index (χ4v) is 4.99. The van der Waals surface area contributed by atoms with Gasteiger partial charge in [0.2, 0.25) is 5.91 Å². The number of sulfonamides is 1. The molecule has 0 saturated carbocycles. The van der Waals surface area contributed by atoms with E-state index in [1.807, 2.05) is 6.92 Å². The maximum Gasteiger partial charge on any atom is 0.264 e. The van der Waals surface area contributed by atoms with Gasteiger partial charge in [-0.15, -0.1) is 0 Å². The van der Waals surface area contributed by atoms with Crippen molar-refractivity contribution in [1.29, 1.82) is 0 Å². The lowest BCUT2D eigenvalue weighted by Crippen LogP contribution is -2.40. The zero-order valence-electron chi connectivity index (χ0n) is 17.6. The Morgan fingerprint density at radius 2 is 1.58 bits per heavy atom. The van der Waals surface area contributed by atoms with Crippen molar-refractivity contribution in [3.05, 3.63) is 87.4 Å². The number of carbonyl (C=O) groups is 1. The van der Waals surface area contributed by atoms with Gasteiger partial charge in [0.15, 0.2) is 0 Å². The summed E-state index contributed by atoms with van der Waals surface area (Å²) in [5.74, 6) is 0.0827. The molecule has 0 radical (unpaired) electrons. The number of hydrogen-bond donors (Lipinski definition) is 1. The highest BCUT2D eigenvalue weighted by Crippen LogP contribution is 2.27. The molecule has 33 heavy (non-hydrogen) atoms. The molecule has 174 valence electrons. The lowest BCUT2D eigenvalue weighted by Gasteiger charge is -2.24. The van der Waals surface area contributed by atoms with Crippen molar-refractivity contribution in [2.45, 2.75) is 18.4 Å². The molecule has 1 amide bonds. The van der Waals surface area contributed by atoms with Gasteiger partial charge in [-0.2, -0.15) is 0 Å². The van der Waals surface area contributed by atoms with E-state index in [4.69, 9.17) is 39.5 Å². The molecule has 0 aliphatic rings. The third-order valence-corrected chi connectivity index (χ3v) is 7.24. The van der Waals surface area contributed by atoms with Gasteiger partial charge in [-0.05, 0) is 73.2 Å².